The predicted molar refractivity (Wildman–Crippen MR) is 83.2 cm³/mol. The van der Waals surface area contributed by atoms with Gasteiger partial charge >= 0.3 is 0 Å². The van der Waals surface area contributed by atoms with Crippen LogP contribution in [0.2, 0.25) is 5.15 Å². The summed E-state index contributed by atoms with van der Waals surface area (Å²) >= 11 is 12.9. The molecule has 0 aliphatic carbocycles. The molecule has 0 amide bonds. The maximum Gasteiger partial charge on any atom is 0.152 e. The molecule has 0 aliphatic rings. The molecule has 2 nitrogen and oxygen atoms in total. The number of benzene rings is 1. The first-order chi connectivity index (χ1) is 8.56. The molecule has 1 aromatic heterocycles. The summed E-state index contributed by atoms with van der Waals surface area (Å²) in [7, 11) is 0. The van der Waals surface area contributed by atoms with Gasteiger partial charge in [-0.1, -0.05) is 39.7 Å². The highest BCUT2D eigenvalue weighted by molar-refractivity contribution is 9.10. The van der Waals surface area contributed by atoms with Crippen molar-refractivity contribution >= 4 is 49.1 Å². The fourth-order valence-electron chi connectivity index (χ4n) is 1.56. The van der Waals surface area contributed by atoms with Crippen LogP contribution in [0.25, 0.3) is 0 Å². The van der Waals surface area contributed by atoms with Crippen molar-refractivity contribution in [1.29, 1.82) is 0 Å². The van der Waals surface area contributed by atoms with Crippen LogP contribution in [0.4, 0.5) is 5.69 Å². The number of hydrogen-bond donors (Lipinski definition) is 1. The Bertz CT molecular complexity index is 573. The molecular formula is C13H11Br2ClN2. The van der Waals surface area contributed by atoms with Crippen molar-refractivity contribution in [1.82, 2.24) is 4.98 Å². The average molecular weight is 391 g/mol. The molecule has 18 heavy (non-hydrogen) atoms. The Morgan fingerprint density at radius 2 is 2.06 bits per heavy atom. The molecule has 0 saturated heterocycles. The first-order valence-corrected chi connectivity index (χ1v) is 7.32. The fraction of sp³-hybridized carbons (Fsp3) is 0.154. The summed E-state index contributed by atoms with van der Waals surface area (Å²) in [6, 6.07) is 8.17. The van der Waals surface area contributed by atoms with Crippen LogP contribution in [0.15, 0.2) is 39.4 Å². The molecule has 0 saturated carbocycles. The third kappa shape index (κ3) is 3.46. The zero-order chi connectivity index (χ0) is 13.1. The number of hydrogen-bond acceptors (Lipinski definition) is 2. The van der Waals surface area contributed by atoms with E-state index in [2.05, 4.69) is 61.2 Å². The zero-order valence-electron chi connectivity index (χ0n) is 9.67. The van der Waals surface area contributed by atoms with E-state index in [9.17, 15) is 0 Å². The van der Waals surface area contributed by atoms with Crippen LogP contribution >= 0.6 is 43.5 Å². The first-order valence-electron chi connectivity index (χ1n) is 5.36. The molecule has 0 radical (unpaired) electrons. The van der Waals surface area contributed by atoms with Crippen molar-refractivity contribution in [3.63, 3.8) is 0 Å². The second-order valence-corrected chi connectivity index (χ2v) is 6.06. The van der Waals surface area contributed by atoms with E-state index in [1.165, 1.54) is 11.1 Å². The lowest BCUT2D eigenvalue weighted by atomic mass is 10.1. The van der Waals surface area contributed by atoms with Gasteiger partial charge in [0, 0.05) is 21.7 Å². The molecular weight excluding hydrogens is 379 g/mol. The van der Waals surface area contributed by atoms with Crippen LogP contribution in [0, 0.1) is 6.92 Å². The smallest absolute Gasteiger partial charge is 0.152 e. The molecule has 0 fully saturated rings. The second-order valence-electron chi connectivity index (χ2n) is 3.93. The van der Waals surface area contributed by atoms with E-state index in [1.807, 2.05) is 12.1 Å². The largest absolute Gasteiger partial charge is 0.378 e. The van der Waals surface area contributed by atoms with Gasteiger partial charge in [0.05, 0.1) is 5.69 Å². The van der Waals surface area contributed by atoms with Crippen LogP contribution in [-0.2, 0) is 6.54 Å². The molecule has 0 unspecified atom stereocenters. The van der Waals surface area contributed by atoms with Crippen molar-refractivity contribution in [2.45, 2.75) is 13.5 Å². The highest BCUT2D eigenvalue weighted by Gasteiger charge is 2.03. The highest BCUT2D eigenvalue weighted by atomic mass is 79.9. The molecule has 1 aromatic carbocycles. The summed E-state index contributed by atoms with van der Waals surface area (Å²) in [4.78, 5) is 4.07. The minimum Gasteiger partial charge on any atom is -0.378 e. The lowest BCUT2D eigenvalue weighted by molar-refractivity contribution is 1.12. The third-order valence-electron chi connectivity index (χ3n) is 2.51. The number of anilines is 1. The van der Waals surface area contributed by atoms with E-state index in [0.717, 1.165) is 14.6 Å². The maximum atomic E-state index is 6.02. The zero-order valence-corrected chi connectivity index (χ0v) is 13.6. The van der Waals surface area contributed by atoms with Gasteiger partial charge in [-0.25, -0.2) is 4.98 Å². The summed E-state index contributed by atoms with van der Waals surface area (Å²) in [5.41, 5.74) is 3.24. The topological polar surface area (TPSA) is 24.9 Å². The van der Waals surface area contributed by atoms with Crippen molar-refractivity contribution < 1.29 is 0 Å². The molecule has 1 N–H and O–H groups in total. The van der Waals surface area contributed by atoms with Gasteiger partial charge in [0.25, 0.3) is 0 Å². The van der Waals surface area contributed by atoms with Gasteiger partial charge in [-0.2, -0.15) is 0 Å². The van der Waals surface area contributed by atoms with E-state index in [0.29, 0.717) is 11.7 Å². The Balaban J connectivity index is 2.11. The Morgan fingerprint density at radius 1 is 1.28 bits per heavy atom. The van der Waals surface area contributed by atoms with Gasteiger partial charge in [0.2, 0.25) is 0 Å². The van der Waals surface area contributed by atoms with Crippen LogP contribution in [0.1, 0.15) is 11.1 Å². The molecule has 5 heteroatoms. The third-order valence-corrected chi connectivity index (χ3v) is 4.14. The van der Waals surface area contributed by atoms with Crippen LogP contribution in [0.5, 0.6) is 0 Å². The van der Waals surface area contributed by atoms with Gasteiger partial charge in [-0.05, 0) is 46.1 Å². The molecule has 0 spiro atoms. The highest BCUT2D eigenvalue weighted by Crippen LogP contribution is 2.24. The van der Waals surface area contributed by atoms with E-state index in [1.54, 1.807) is 6.20 Å². The molecule has 0 aliphatic heterocycles. The number of nitrogens with one attached hydrogen (secondary N) is 1. The molecule has 0 bridgehead atoms. The Hall–Kier alpha value is -0.580. The molecule has 94 valence electrons. The Labute approximate surface area is 128 Å². The number of aryl methyl sites for hydroxylation is 1. The Morgan fingerprint density at radius 3 is 2.78 bits per heavy atom. The number of rotatable bonds is 3. The van der Waals surface area contributed by atoms with Crippen LogP contribution in [-0.4, -0.2) is 4.98 Å². The monoisotopic (exact) mass is 388 g/mol. The van der Waals surface area contributed by atoms with Gasteiger partial charge in [-0.3, -0.25) is 0 Å². The van der Waals surface area contributed by atoms with Gasteiger partial charge in [-0.15, -0.1) is 0 Å². The normalized spacial score (nSPS) is 10.4. The summed E-state index contributed by atoms with van der Waals surface area (Å²) in [5, 5.41) is 3.76. The first kappa shape index (κ1) is 13.8. The minimum atomic E-state index is 0.479. The number of nitrogens with zero attached hydrogens (tertiary/aromatic N) is 1. The van der Waals surface area contributed by atoms with E-state index in [4.69, 9.17) is 11.6 Å². The van der Waals surface area contributed by atoms with Crippen molar-refractivity contribution in [3.8, 4) is 0 Å². The van der Waals surface area contributed by atoms with Crippen molar-refractivity contribution in [2.24, 2.45) is 0 Å². The summed E-state index contributed by atoms with van der Waals surface area (Å²) in [6.07, 6.45) is 1.68. The van der Waals surface area contributed by atoms with Crippen molar-refractivity contribution in [3.05, 3.63) is 55.7 Å². The molecule has 1 heterocycles. The van der Waals surface area contributed by atoms with E-state index in [-0.39, 0.29) is 0 Å². The maximum absolute atomic E-state index is 6.02. The molecule has 2 rings (SSSR count). The number of halogens is 3. The second kappa shape index (κ2) is 6.04. The number of pyridine rings is 1. The predicted octanol–water partition coefficient (Wildman–Crippen LogP) is 5.18. The molecule has 0 atom stereocenters. The van der Waals surface area contributed by atoms with E-state index >= 15 is 0 Å². The van der Waals surface area contributed by atoms with Crippen molar-refractivity contribution in [2.75, 3.05) is 5.32 Å². The Kier molecular flexibility index (Phi) is 4.65. The summed E-state index contributed by atoms with van der Waals surface area (Å²) in [6.45, 7) is 2.78. The van der Waals surface area contributed by atoms with E-state index < -0.39 is 0 Å². The van der Waals surface area contributed by atoms with Gasteiger partial charge in [0.1, 0.15) is 0 Å². The average Bonchev–Trinajstić information content (AvgIpc) is 2.34. The van der Waals surface area contributed by atoms with Gasteiger partial charge < -0.3 is 5.32 Å². The standard InChI is InChI=1S/C13H11Br2ClN2/c1-8-4-9(2-3-11(8)15)6-17-12-5-10(14)7-18-13(12)16/h2-5,7,17H,6H2,1H3. The van der Waals surface area contributed by atoms with Gasteiger partial charge in [0.15, 0.2) is 5.15 Å². The summed E-state index contributed by atoms with van der Waals surface area (Å²) < 4.78 is 2.02. The lowest BCUT2D eigenvalue weighted by Crippen LogP contribution is -2.01. The quantitative estimate of drug-likeness (QED) is 0.731. The van der Waals surface area contributed by atoms with Crippen LogP contribution < -0.4 is 5.32 Å². The minimum absolute atomic E-state index is 0.479. The molecule has 2 aromatic rings. The SMILES string of the molecule is Cc1cc(CNc2cc(Br)cnc2Cl)ccc1Br. The van der Waals surface area contributed by atoms with Crippen LogP contribution in [0.3, 0.4) is 0 Å². The summed E-state index contributed by atoms with van der Waals surface area (Å²) in [5.74, 6) is 0. The fourth-order valence-corrected chi connectivity index (χ4v) is 2.31. The number of aromatic nitrogens is 1. The lowest BCUT2D eigenvalue weighted by Gasteiger charge is -2.09.